The van der Waals surface area contributed by atoms with Crippen molar-refractivity contribution in [1.82, 2.24) is 15.0 Å². The highest BCUT2D eigenvalue weighted by Gasteiger charge is 2.28. The lowest BCUT2D eigenvalue weighted by atomic mass is 10.2. The van der Waals surface area contributed by atoms with Crippen LogP contribution in [-0.2, 0) is 13.0 Å². The summed E-state index contributed by atoms with van der Waals surface area (Å²) in [5.41, 5.74) is 0. The summed E-state index contributed by atoms with van der Waals surface area (Å²) in [6.07, 6.45) is 4.44. The summed E-state index contributed by atoms with van der Waals surface area (Å²) in [7, 11) is 0. The van der Waals surface area contributed by atoms with Crippen LogP contribution in [0.3, 0.4) is 0 Å². The average Bonchev–Trinajstić information content (AvgIpc) is 3.11. The molecule has 0 bridgehead atoms. The monoisotopic (exact) mass is 277 g/mol. The minimum Gasteiger partial charge on any atom is -0.338 e. The molecule has 2 aromatic heterocycles. The Balaban J connectivity index is 1.67. The Morgan fingerprint density at radius 1 is 1.53 bits per heavy atom. The Hall–Kier alpha value is -1.20. The SMILES string of the molecule is CCCc1noc(CN2CCC[C@@H]2c2cccs2)n1. The Kier molecular flexibility index (Phi) is 3.94. The number of aryl methyl sites for hydroxylation is 1. The fourth-order valence-corrected chi connectivity index (χ4v) is 3.57. The van der Waals surface area contributed by atoms with E-state index in [0.717, 1.165) is 37.6 Å². The smallest absolute Gasteiger partial charge is 0.240 e. The maximum absolute atomic E-state index is 5.35. The Labute approximate surface area is 117 Å². The fourth-order valence-electron chi connectivity index (χ4n) is 2.67. The zero-order chi connectivity index (χ0) is 13.1. The quantitative estimate of drug-likeness (QED) is 0.840. The van der Waals surface area contributed by atoms with Gasteiger partial charge in [0.05, 0.1) is 6.54 Å². The Bertz CT molecular complexity index is 509. The number of thiophene rings is 1. The first-order chi connectivity index (χ1) is 9.36. The second kappa shape index (κ2) is 5.84. The molecule has 102 valence electrons. The molecule has 0 unspecified atom stereocenters. The number of hydrogen-bond acceptors (Lipinski definition) is 5. The van der Waals surface area contributed by atoms with E-state index in [0.29, 0.717) is 6.04 Å². The highest BCUT2D eigenvalue weighted by molar-refractivity contribution is 7.10. The van der Waals surface area contributed by atoms with Crippen molar-refractivity contribution in [1.29, 1.82) is 0 Å². The third kappa shape index (κ3) is 2.87. The summed E-state index contributed by atoms with van der Waals surface area (Å²) in [5.74, 6) is 1.59. The average molecular weight is 277 g/mol. The van der Waals surface area contributed by atoms with Crippen LogP contribution in [0.4, 0.5) is 0 Å². The zero-order valence-electron chi connectivity index (χ0n) is 11.2. The lowest BCUT2D eigenvalue weighted by Crippen LogP contribution is -2.22. The van der Waals surface area contributed by atoms with Gasteiger partial charge in [0.15, 0.2) is 5.82 Å². The highest BCUT2D eigenvalue weighted by atomic mass is 32.1. The summed E-state index contributed by atoms with van der Waals surface area (Å²) < 4.78 is 5.35. The molecule has 0 saturated carbocycles. The molecule has 0 spiro atoms. The molecule has 3 heterocycles. The van der Waals surface area contributed by atoms with Gasteiger partial charge in [-0.1, -0.05) is 18.1 Å². The minimum atomic E-state index is 0.529. The summed E-state index contributed by atoms with van der Waals surface area (Å²) in [5, 5.41) is 6.18. The van der Waals surface area contributed by atoms with Gasteiger partial charge in [0.1, 0.15) is 0 Å². The molecule has 1 atom stereocenters. The van der Waals surface area contributed by atoms with Crippen LogP contribution in [0.1, 0.15) is 48.8 Å². The molecular formula is C14H19N3OS. The molecular weight excluding hydrogens is 258 g/mol. The predicted molar refractivity (Wildman–Crippen MR) is 75.0 cm³/mol. The third-order valence-corrected chi connectivity index (χ3v) is 4.53. The molecule has 2 aromatic rings. The summed E-state index contributed by atoms with van der Waals surface area (Å²) in [6, 6.07) is 4.88. The van der Waals surface area contributed by atoms with Crippen molar-refractivity contribution < 1.29 is 4.52 Å². The van der Waals surface area contributed by atoms with Gasteiger partial charge in [-0.05, 0) is 37.3 Å². The largest absolute Gasteiger partial charge is 0.338 e. The number of aromatic nitrogens is 2. The van der Waals surface area contributed by atoms with Crippen LogP contribution >= 0.6 is 11.3 Å². The van der Waals surface area contributed by atoms with E-state index in [1.54, 1.807) is 0 Å². The molecule has 19 heavy (non-hydrogen) atoms. The van der Waals surface area contributed by atoms with Crippen LogP contribution < -0.4 is 0 Å². The maximum atomic E-state index is 5.35. The topological polar surface area (TPSA) is 42.2 Å². The van der Waals surface area contributed by atoms with Gasteiger partial charge in [0.2, 0.25) is 5.89 Å². The van der Waals surface area contributed by atoms with Crippen molar-refractivity contribution in [3.63, 3.8) is 0 Å². The number of likely N-dealkylation sites (tertiary alicyclic amines) is 1. The van der Waals surface area contributed by atoms with Gasteiger partial charge in [0, 0.05) is 17.3 Å². The van der Waals surface area contributed by atoms with E-state index in [4.69, 9.17) is 4.52 Å². The van der Waals surface area contributed by atoms with E-state index in [2.05, 4.69) is 39.5 Å². The van der Waals surface area contributed by atoms with Gasteiger partial charge >= 0.3 is 0 Å². The van der Waals surface area contributed by atoms with Crippen LogP contribution in [-0.4, -0.2) is 21.6 Å². The zero-order valence-corrected chi connectivity index (χ0v) is 12.0. The first-order valence-electron chi connectivity index (χ1n) is 6.95. The van der Waals surface area contributed by atoms with Gasteiger partial charge in [-0.3, -0.25) is 4.90 Å². The van der Waals surface area contributed by atoms with E-state index in [9.17, 15) is 0 Å². The second-order valence-electron chi connectivity index (χ2n) is 5.00. The fraction of sp³-hybridized carbons (Fsp3) is 0.571. The van der Waals surface area contributed by atoms with Gasteiger partial charge < -0.3 is 4.52 Å². The van der Waals surface area contributed by atoms with Gasteiger partial charge in [0.25, 0.3) is 0 Å². The molecule has 0 N–H and O–H groups in total. The Morgan fingerprint density at radius 3 is 3.26 bits per heavy atom. The molecule has 4 nitrogen and oxygen atoms in total. The van der Waals surface area contributed by atoms with Gasteiger partial charge in [-0.25, -0.2) is 0 Å². The van der Waals surface area contributed by atoms with Gasteiger partial charge in [-0.15, -0.1) is 11.3 Å². The standard InChI is InChI=1S/C14H19N3OS/c1-2-5-13-15-14(18-16-13)10-17-8-3-6-11(17)12-7-4-9-19-12/h4,7,9,11H,2-3,5-6,8,10H2,1H3/t11-/m1/s1. The van der Waals surface area contributed by atoms with Crippen LogP contribution in [0, 0.1) is 0 Å². The molecule has 1 saturated heterocycles. The van der Waals surface area contributed by atoms with Crippen molar-refractivity contribution in [2.24, 2.45) is 0 Å². The van der Waals surface area contributed by atoms with Gasteiger partial charge in [-0.2, -0.15) is 4.98 Å². The normalized spacial score (nSPS) is 20.2. The van der Waals surface area contributed by atoms with Crippen molar-refractivity contribution in [3.05, 3.63) is 34.1 Å². The Morgan fingerprint density at radius 2 is 2.47 bits per heavy atom. The van der Waals surface area contributed by atoms with Crippen molar-refractivity contribution in [3.8, 4) is 0 Å². The van der Waals surface area contributed by atoms with Crippen LogP contribution in [0.5, 0.6) is 0 Å². The molecule has 3 rings (SSSR count). The van der Waals surface area contributed by atoms with Crippen molar-refractivity contribution in [2.45, 2.75) is 45.2 Å². The molecule has 0 amide bonds. The third-order valence-electron chi connectivity index (χ3n) is 3.56. The van der Waals surface area contributed by atoms with Crippen molar-refractivity contribution >= 4 is 11.3 Å². The lowest BCUT2D eigenvalue weighted by molar-refractivity contribution is 0.214. The van der Waals surface area contributed by atoms with E-state index >= 15 is 0 Å². The molecule has 1 aliphatic heterocycles. The van der Waals surface area contributed by atoms with E-state index < -0.39 is 0 Å². The molecule has 1 fully saturated rings. The molecule has 5 heteroatoms. The first-order valence-corrected chi connectivity index (χ1v) is 7.83. The van der Waals surface area contributed by atoms with E-state index in [1.165, 1.54) is 17.7 Å². The number of nitrogens with zero attached hydrogens (tertiary/aromatic N) is 3. The lowest BCUT2D eigenvalue weighted by Gasteiger charge is -2.21. The molecule has 0 aromatic carbocycles. The summed E-state index contributed by atoms with van der Waals surface area (Å²) >= 11 is 1.84. The van der Waals surface area contributed by atoms with Crippen molar-refractivity contribution in [2.75, 3.05) is 6.54 Å². The van der Waals surface area contributed by atoms with E-state index in [-0.39, 0.29) is 0 Å². The van der Waals surface area contributed by atoms with Crippen LogP contribution in [0.2, 0.25) is 0 Å². The van der Waals surface area contributed by atoms with Crippen LogP contribution in [0.25, 0.3) is 0 Å². The first kappa shape index (κ1) is 12.8. The summed E-state index contributed by atoms with van der Waals surface area (Å²) in [4.78, 5) is 8.37. The summed E-state index contributed by atoms with van der Waals surface area (Å²) in [6.45, 7) is 4.02. The highest BCUT2D eigenvalue weighted by Crippen LogP contribution is 2.35. The van der Waals surface area contributed by atoms with E-state index in [1.807, 2.05) is 11.3 Å². The number of rotatable bonds is 5. The number of hydrogen-bond donors (Lipinski definition) is 0. The van der Waals surface area contributed by atoms with Crippen LogP contribution in [0.15, 0.2) is 22.0 Å². The second-order valence-corrected chi connectivity index (χ2v) is 5.98. The molecule has 0 radical (unpaired) electrons. The molecule has 0 aliphatic carbocycles. The molecule has 1 aliphatic rings. The predicted octanol–water partition coefficient (Wildman–Crippen LogP) is 3.42. The maximum Gasteiger partial charge on any atom is 0.240 e. The minimum absolute atomic E-state index is 0.529.